The Hall–Kier alpha value is -2.02. The molecule has 6 nitrogen and oxygen atoms in total. The third kappa shape index (κ3) is 4.58. The lowest BCUT2D eigenvalue weighted by Gasteiger charge is -2.20. The number of hydrogen-bond acceptors (Lipinski definition) is 5. The third-order valence-electron chi connectivity index (χ3n) is 4.83. The molecule has 1 heterocycles. The SMILES string of the molecule is CC(C)c1cccc(NC(=O)CSc2nnc(C3CCCCC3)n2N)c1. The van der Waals surface area contributed by atoms with Gasteiger partial charge in [-0.05, 0) is 36.5 Å². The molecule has 0 bridgehead atoms. The number of rotatable bonds is 6. The Morgan fingerprint density at radius 2 is 2.08 bits per heavy atom. The highest BCUT2D eigenvalue weighted by Gasteiger charge is 2.22. The molecule has 140 valence electrons. The van der Waals surface area contributed by atoms with E-state index in [2.05, 4.69) is 35.4 Å². The van der Waals surface area contributed by atoms with Crippen LogP contribution in [0.15, 0.2) is 29.4 Å². The molecule has 0 aliphatic heterocycles. The van der Waals surface area contributed by atoms with Crippen LogP contribution in [0, 0.1) is 0 Å². The highest BCUT2D eigenvalue weighted by Crippen LogP contribution is 2.32. The predicted octanol–water partition coefficient (Wildman–Crippen LogP) is 3.89. The molecule has 0 saturated heterocycles. The van der Waals surface area contributed by atoms with Crippen molar-refractivity contribution in [1.82, 2.24) is 14.9 Å². The number of hydrogen-bond donors (Lipinski definition) is 2. The summed E-state index contributed by atoms with van der Waals surface area (Å²) in [5.74, 6) is 8.01. The fourth-order valence-corrected chi connectivity index (χ4v) is 3.99. The molecule has 0 unspecified atom stereocenters. The number of carbonyl (C=O) groups is 1. The minimum atomic E-state index is -0.0712. The first-order chi connectivity index (χ1) is 12.5. The van der Waals surface area contributed by atoms with E-state index >= 15 is 0 Å². The van der Waals surface area contributed by atoms with E-state index in [0.717, 1.165) is 24.4 Å². The Labute approximate surface area is 158 Å². The molecule has 7 heteroatoms. The molecule has 1 aliphatic carbocycles. The molecular formula is C19H27N5OS. The van der Waals surface area contributed by atoms with Gasteiger partial charge in [-0.1, -0.05) is 57.0 Å². The number of carbonyl (C=O) groups excluding carboxylic acids is 1. The molecule has 3 N–H and O–H groups in total. The highest BCUT2D eigenvalue weighted by atomic mass is 32.2. The second kappa shape index (κ2) is 8.58. The van der Waals surface area contributed by atoms with Gasteiger partial charge in [0.1, 0.15) is 0 Å². The summed E-state index contributed by atoms with van der Waals surface area (Å²) in [7, 11) is 0. The first-order valence-corrected chi connectivity index (χ1v) is 10.3. The molecule has 2 aromatic rings. The van der Waals surface area contributed by atoms with E-state index in [0.29, 0.717) is 17.0 Å². The van der Waals surface area contributed by atoms with E-state index in [1.54, 1.807) is 4.68 Å². The van der Waals surface area contributed by atoms with Gasteiger partial charge in [-0.25, -0.2) is 4.68 Å². The summed E-state index contributed by atoms with van der Waals surface area (Å²) in [5.41, 5.74) is 2.02. The van der Waals surface area contributed by atoms with Crippen molar-refractivity contribution in [2.75, 3.05) is 16.9 Å². The molecule has 1 aromatic heterocycles. The molecule has 26 heavy (non-hydrogen) atoms. The maximum Gasteiger partial charge on any atom is 0.234 e. The number of amides is 1. The maximum absolute atomic E-state index is 12.3. The average Bonchev–Trinajstić information content (AvgIpc) is 3.01. The summed E-state index contributed by atoms with van der Waals surface area (Å²) < 4.78 is 1.56. The van der Waals surface area contributed by atoms with Gasteiger partial charge in [-0.3, -0.25) is 4.79 Å². The van der Waals surface area contributed by atoms with Crippen molar-refractivity contribution in [3.63, 3.8) is 0 Å². The van der Waals surface area contributed by atoms with Gasteiger partial charge in [0, 0.05) is 11.6 Å². The number of thioether (sulfide) groups is 1. The zero-order valence-electron chi connectivity index (χ0n) is 15.4. The van der Waals surface area contributed by atoms with Gasteiger partial charge in [0.05, 0.1) is 5.75 Å². The molecular weight excluding hydrogens is 346 g/mol. The third-order valence-corrected chi connectivity index (χ3v) is 5.77. The minimum Gasteiger partial charge on any atom is -0.336 e. The fourth-order valence-electron chi connectivity index (χ4n) is 3.33. The minimum absolute atomic E-state index is 0.0712. The van der Waals surface area contributed by atoms with Crippen LogP contribution in [-0.4, -0.2) is 26.5 Å². The molecule has 1 fully saturated rings. The summed E-state index contributed by atoms with van der Waals surface area (Å²) in [6, 6.07) is 7.95. The van der Waals surface area contributed by atoms with Crippen molar-refractivity contribution in [1.29, 1.82) is 0 Å². The highest BCUT2D eigenvalue weighted by molar-refractivity contribution is 7.99. The monoisotopic (exact) mass is 373 g/mol. The number of nitrogens with two attached hydrogens (primary N) is 1. The summed E-state index contributed by atoms with van der Waals surface area (Å²) in [6.45, 7) is 4.27. The number of aromatic nitrogens is 3. The first-order valence-electron chi connectivity index (χ1n) is 9.27. The molecule has 0 radical (unpaired) electrons. The summed E-state index contributed by atoms with van der Waals surface area (Å²) in [6.07, 6.45) is 5.96. The van der Waals surface area contributed by atoms with E-state index in [1.165, 1.54) is 36.6 Å². The number of benzene rings is 1. The number of nitrogen functional groups attached to an aromatic ring is 1. The van der Waals surface area contributed by atoms with Gasteiger partial charge in [0.15, 0.2) is 5.82 Å². The van der Waals surface area contributed by atoms with Crippen LogP contribution in [0.25, 0.3) is 0 Å². The molecule has 3 rings (SSSR count). The van der Waals surface area contributed by atoms with Crippen molar-refractivity contribution in [2.24, 2.45) is 0 Å². The second-order valence-electron chi connectivity index (χ2n) is 7.16. The van der Waals surface area contributed by atoms with Crippen molar-refractivity contribution in [2.45, 2.75) is 62.9 Å². The molecule has 0 spiro atoms. The largest absolute Gasteiger partial charge is 0.336 e. The Balaban J connectivity index is 1.56. The van der Waals surface area contributed by atoms with Gasteiger partial charge < -0.3 is 11.2 Å². The van der Waals surface area contributed by atoms with Crippen LogP contribution >= 0.6 is 11.8 Å². The van der Waals surface area contributed by atoms with E-state index in [1.807, 2.05) is 18.2 Å². The lowest BCUT2D eigenvalue weighted by molar-refractivity contribution is -0.113. The van der Waals surface area contributed by atoms with Gasteiger partial charge in [-0.2, -0.15) is 0 Å². The smallest absolute Gasteiger partial charge is 0.234 e. The van der Waals surface area contributed by atoms with Crippen LogP contribution in [0.3, 0.4) is 0 Å². The first kappa shape index (κ1) is 18.8. The van der Waals surface area contributed by atoms with Crippen molar-refractivity contribution in [3.8, 4) is 0 Å². The normalized spacial score (nSPS) is 15.3. The zero-order chi connectivity index (χ0) is 18.5. The fraction of sp³-hybridized carbons (Fsp3) is 0.526. The standard InChI is InChI=1S/C19H27N5OS/c1-13(2)15-9-6-10-16(11-15)21-17(25)12-26-19-23-22-18(24(19)20)14-7-4-3-5-8-14/h6,9-11,13-14H,3-5,7-8,12,20H2,1-2H3,(H,21,25). The van der Waals surface area contributed by atoms with E-state index in [-0.39, 0.29) is 11.7 Å². The molecule has 1 aromatic carbocycles. The van der Waals surface area contributed by atoms with Crippen LogP contribution in [0.1, 0.15) is 69.2 Å². The second-order valence-corrected chi connectivity index (χ2v) is 8.11. The van der Waals surface area contributed by atoms with Gasteiger partial charge in [0.25, 0.3) is 0 Å². The number of anilines is 1. The van der Waals surface area contributed by atoms with E-state index < -0.39 is 0 Å². The van der Waals surface area contributed by atoms with Gasteiger partial charge >= 0.3 is 0 Å². The zero-order valence-corrected chi connectivity index (χ0v) is 16.3. The predicted molar refractivity (Wildman–Crippen MR) is 106 cm³/mol. The number of nitrogens with one attached hydrogen (secondary N) is 1. The van der Waals surface area contributed by atoms with Crippen LogP contribution < -0.4 is 11.2 Å². The molecule has 1 aliphatic rings. The Bertz CT molecular complexity index is 752. The average molecular weight is 374 g/mol. The topological polar surface area (TPSA) is 85.8 Å². The lowest BCUT2D eigenvalue weighted by atomic mass is 9.89. The summed E-state index contributed by atoms with van der Waals surface area (Å²) in [4.78, 5) is 12.3. The van der Waals surface area contributed by atoms with Crippen LogP contribution in [0.4, 0.5) is 5.69 Å². The Morgan fingerprint density at radius 3 is 2.81 bits per heavy atom. The van der Waals surface area contributed by atoms with Crippen LogP contribution in [0.5, 0.6) is 0 Å². The van der Waals surface area contributed by atoms with Crippen molar-refractivity contribution >= 4 is 23.4 Å². The molecule has 1 saturated carbocycles. The van der Waals surface area contributed by atoms with E-state index in [4.69, 9.17) is 5.84 Å². The maximum atomic E-state index is 12.3. The Morgan fingerprint density at radius 1 is 1.31 bits per heavy atom. The van der Waals surface area contributed by atoms with Gasteiger partial charge in [-0.15, -0.1) is 10.2 Å². The summed E-state index contributed by atoms with van der Waals surface area (Å²) in [5, 5.41) is 12.0. The van der Waals surface area contributed by atoms with Gasteiger partial charge in [0.2, 0.25) is 11.1 Å². The quantitative estimate of drug-likeness (QED) is 0.592. The van der Waals surface area contributed by atoms with Crippen LogP contribution in [0.2, 0.25) is 0 Å². The van der Waals surface area contributed by atoms with Crippen molar-refractivity contribution < 1.29 is 4.79 Å². The lowest BCUT2D eigenvalue weighted by Crippen LogP contribution is -2.19. The van der Waals surface area contributed by atoms with E-state index in [9.17, 15) is 4.79 Å². The molecule has 0 atom stereocenters. The molecule has 1 amide bonds. The number of nitrogens with zero attached hydrogens (tertiary/aromatic N) is 3. The Kier molecular flexibility index (Phi) is 6.19. The van der Waals surface area contributed by atoms with Crippen molar-refractivity contribution in [3.05, 3.63) is 35.7 Å². The van der Waals surface area contributed by atoms with Crippen LogP contribution in [-0.2, 0) is 4.79 Å². The summed E-state index contributed by atoms with van der Waals surface area (Å²) >= 11 is 1.32.